The molecule has 0 unspecified atom stereocenters. The van der Waals surface area contributed by atoms with Gasteiger partial charge in [-0.25, -0.2) is 4.98 Å². The molecule has 126 valence electrons. The van der Waals surface area contributed by atoms with Crippen molar-refractivity contribution >= 4 is 32.9 Å². The summed E-state index contributed by atoms with van der Waals surface area (Å²) in [5.74, 6) is 0.317. The van der Waals surface area contributed by atoms with Crippen LogP contribution in [0, 0.1) is 20.8 Å². The Balaban J connectivity index is 2.15. The Hall–Kier alpha value is -1.95. The van der Waals surface area contributed by atoms with Gasteiger partial charge in [0.05, 0.1) is 17.9 Å². The van der Waals surface area contributed by atoms with Gasteiger partial charge in [0.15, 0.2) is 0 Å². The van der Waals surface area contributed by atoms with E-state index in [0.717, 1.165) is 50.9 Å². The third kappa shape index (κ3) is 2.90. The number of hydrogen-bond donors (Lipinski definition) is 1. The summed E-state index contributed by atoms with van der Waals surface area (Å²) in [6.07, 6.45) is 6.15. The number of pyridine rings is 1. The van der Waals surface area contributed by atoms with E-state index in [9.17, 15) is 0 Å². The van der Waals surface area contributed by atoms with E-state index in [2.05, 4.69) is 62.4 Å². The number of nitrogens with zero attached hydrogens (tertiary/aromatic N) is 4. The van der Waals surface area contributed by atoms with Gasteiger partial charge in [-0.3, -0.25) is 4.98 Å². The van der Waals surface area contributed by atoms with Gasteiger partial charge in [-0.05, 0) is 43.9 Å². The van der Waals surface area contributed by atoms with Crippen LogP contribution < -0.4 is 5.73 Å². The van der Waals surface area contributed by atoms with Crippen molar-refractivity contribution in [3.05, 3.63) is 44.9 Å². The summed E-state index contributed by atoms with van der Waals surface area (Å²) >= 11 is 3.65. The SMILES string of the molecule is CCCc1cn(Cc2ncc(C)c(Br)c2C)c2nc(N)nc(C)c12. The monoisotopic (exact) mass is 387 g/mol. The lowest BCUT2D eigenvalue weighted by molar-refractivity contribution is 0.780. The zero-order chi connectivity index (χ0) is 17.4. The highest BCUT2D eigenvalue weighted by molar-refractivity contribution is 9.10. The summed E-state index contributed by atoms with van der Waals surface area (Å²) in [7, 11) is 0. The number of hydrogen-bond acceptors (Lipinski definition) is 4. The Kier molecular flexibility index (Phi) is 4.58. The van der Waals surface area contributed by atoms with Crippen molar-refractivity contribution in [2.75, 3.05) is 5.73 Å². The average molecular weight is 388 g/mol. The van der Waals surface area contributed by atoms with Crippen molar-refractivity contribution in [2.45, 2.75) is 47.1 Å². The topological polar surface area (TPSA) is 69.6 Å². The first-order valence-electron chi connectivity index (χ1n) is 8.14. The molecule has 2 N–H and O–H groups in total. The predicted molar refractivity (Wildman–Crippen MR) is 101 cm³/mol. The molecule has 0 aliphatic rings. The molecule has 3 rings (SSSR count). The summed E-state index contributed by atoms with van der Waals surface area (Å²) in [5, 5.41) is 1.12. The van der Waals surface area contributed by atoms with Crippen LogP contribution in [0.15, 0.2) is 16.9 Å². The second kappa shape index (κ2) is 6.51. The molecule has 3 heterocycles. The largest absolute Gasteiger partial charge is 0.368 e. The molecule has 0 saturated carbocycles. The Morgan fingerprint density at radius 3 is 2.67 bits per heavy atom. The van der Waals surface area contributed by atoms with Gasteiger partial charge >= 0.3 is 0 Å². The third-order valence-electron chi connectivity index (χ3n) is 4.35. The third-order valence-corrected chi connectivity index (χ3v) is 5.57. The number of anilines is 1. The smallest absolute Gasteiger partial charge is 0.222 e. The van der Waals surface area contributed by atoms with E-state index in [4.69, 9.17) is 5.73 Å². The summed E-state index contributed by atoms with van der Waals surface area (Å²) in [6, 6.07) is 0. The maximum atomic E-state index is 5.89. The van der Waals surface area contributed by atoms with E-state index in [1.165, 1.54) is 5.56 Å². The van der Waals surface area contributed by atoms with Gasteiger partial charge in [0.1, 0.15) is 5.65 Å². The molecule has 0 spiro atoms. The van der Waals surface area contributed by atoms with Gasteiger partial charge in [-0.1, -0.05) is 29.3 Å². The number of halogens is 1. The molecular weight excluding hydrogens is 366 g/mol. The van der Waals surface area contributed by atoms with Crippen LogP contribution in [0.25, 0.3) is 11.0 Å². The molecule has 6 heteroatoms. The highest BCUT2D eigenvalue weighted by atomic mass is 79.9. The van der Waals surface area contributed by atoms with E-state index in [1.807, 2.05) is 13.1 Å². The second-order valence-electron chi connectivity index (χ2n) is 6.22. The second-order valence-corrected chi connectivity index (χ2v) is 7.02. The zero-order valence-electron chi connectivity index (χ0n) is 14.5. The molecule has 0 fully saturated rings. The fraction of sp³-hybridized carbons (Fsp3) is 0.389. The molecule has 0 saturated heterocycles. The van der Waals surface area contributed by atoms with Crippen LogP contribution >= 0.6 is 15.9 Å². The lowest BCUT2D eigenvalue weighted by atomic mass is 10.1. The van der Waals surface area contributed by atoms with Gasteiger partial charge in [-0.2, -0.15) is 4.98 Å². The molecule has 0 atom stereocenters. The minimum Gasteiger partial charge on any atom is -0.368 e. The van der Waals surface area contributed by atoms with Crippen molar-refractivity contribution in [3.8, 4) is 0 Å². The Labute approximate surface area is 150 Å². The van der Waals surface area contributed by atoms with Crippen molar-refractivity contribution in [1.29, 1.82) is 0 Å². The van der Waals surface area contributed by atoms with E-state index in [1.54, 1.807) is 0 Å². The quantitative estimate of drug-likeness (QED) is 0.731. The van der Waals surface area contributed by atoms with Crippen molar-refractivity contribution < 1.29 is 0 Å². The van der Waals surface area contributed by atoms with Gasteiger partial charge < -0.3 is 10.3 Å². The number of fused-ring (bicyclic) bond motifs is 1. The number of rotatable bonds is 4. The minimum atomic E-state index is 0.317. The molecule has 0 aliphatic heterocycles. The Bertz CT molecular complexity index is 914. The first-order chi connectivity index (χ1) is 11.4. The summed E-state index contributed by atoms with van der Waals surface area (Å²) in [4.78, 5) is 13.4. The van der Waals surface area contributed by atoms with Crippen molar-refractivity contribution in [1.82, 2.24) is 19.5 Å². The molecule has 3 aromatic rings. The fourth-order valence-electron chi connectivity index (χ4n) is 3.13. The van der Waals surface area contributed by atoms with Crippen LogP contribution in [0.2, 0.25) is 0 Å². The normalized spacial score (nSPS) is 11.4. The average Bonchev–Trinajstić information content (AvgIpc) is 2.86. The van der Waals surface area contributed by atoms with Crippen LogP contribution in [0.5, 0.6) is 0 Å². The van der Waals surface area contributed by atoms with Crippen LogP contribution in [-0.2, 0) is 13.0 Å². The zero-order valence-corrected chi connectivity index (χ0v) is 16.1. The maximum absolute atomic E-state index is 5.89. The Morgan fingerprint density at radius 2 is 1.96 bits per heavy atom. The maximum Gasteiger partial charge on any atom is 0.222 e. The minimum absolute atomic E-state index is 0.317. The highest BCUT2D eigenvalue weighted by Gasteiger charge is 2.16. The van der Waals surface area contributed by atoms with E-state index >= 15 is 0 Å². The van der Waals surface area contributed by atoms with Gasteiger partial charge in [0, 0.05) is 22.3 Å². The molecule has 3 aromatic heterocycles. The first kappa shape index (κ1) is 16.9. The lowest BCUT2D eigenvalue weighted by Gasteiger charge is -2.10. The molecule has 0 radical (unpaired) electrons. The molecule has 0 aromatic carbocycles. The molecule has 24 heavy (non-hydrogen) atoms. The predicted octanol–water partition coefficient (Wildman–Crippen LogP) is 4.10. The van der Waals surface area contributed by atoms with Crippen LogP contribution in [0.4, 0.5) is 5.95 Å². The molecule has 0 bridgehead atoms. The molecule has 0 aliphatic carbocycles. The Morgan fingerprint density at radius 1 is 1.21 bits per heavy atom. The van der Waals surface area contributed by atoms with Crippen LogP contribution in [-0.4, -0.2) is 19.5 Å². The van der Waals surface area contributed by atoms with E-state index in [0.29, 0.717) is 12.5 Å². The summed E-state index contributed by atoms with van der Waals surface area (Å²) < 4.78 is 3.26. The lowest BCUT2D eigenvalue weighted by Crippen LogP contribution is -2.06. The molecule has 5 nitrogen and oxygen atoms in total. The van der Waals surface area contributed by atoms with Gasteiger partial charge in [-0.15, -0.1) is 0 Å². The van der Waals surface area contributed by atoms with Crippen LogP contribution in [0.3, 0.4) is 0 Å². The van der Waals surface area contributed by atoms with Crippen molar-refractivity contribution in [3.63, 3.8) is 0 Å². The standard InChI is InChI=1S/C18H22BrN5/c1-5-6-13-8-24(17-15(13)12(4)22-18(20)23-17)9-14-11(3)16(19)10(2)7-21-14/h7-8H,5-6,9H2,1-4H3,(H2,20,22,23). The van der Waals surface area contributed by atoms with Crippen LogP contribution in [0.1, 0.15) is 41.4 Å². The number of aromatic nitrogens is 4. The van der Waals surface area contributed by atoms with Gasteiger partial charge in [0.2, 0.25) is 5.95 Å². The molecule has 0 amide bonds. The van der Waals surface area contributed by atoms with E-state index < -0.39 is 0 Å². The number of nitrogen functional groups attached to an aromatic ring is 1. The van der Waals surface area contributed by atoms with E-state index in [-0.39, 0.29) is 0 Å². The summed E-state index contributed by atoms with van der Waals surface area (Å²) in [5.41, 5.74) is 12.3. The summed E-state index contributed by atoms with van der Waals surface area (Å²) in [6.45, 7) is 8.98. The number of nitrogens with two attached hydrogens (primary N) is 1. The number of aryl methyl sites for hydroxylation is 3. The first-order valence-corrected chi connectivity index (χ1v) is 8.94. The van der Waals surface area contributed by atoms with Gasteiger partial charge in [0.25, 0.3) is 0 Å². The fourth-order valence-corrected chi connectivity index (χ4v) is 3.46. The van der Waals surface area contributed by atoms with Crippen molar-refractivity contribution in [2.24, 2.45) is 0 Å². The molecular formula is C18H22BrN5. The highest BCUT2D eigenvalue weighted by Crippen LogP contribution is 2.27.